The molecule has 0 bridgehead atoms. The fourth-order valence-electron chi connectivity index (χ4n) is 2.75. The molecule has 13 heteroatoms. The molecule has 0 aromatic rings. The number of hydrogen-bond donors (Lipinski definition) is 2. The molecule has 0 rings (SSSR count). The molecule has 0 spiro atoms. The zero-order valence-electron chi connectivity index (χ0n) is 18.5. The molecule has 0 saturated heterocycles. The van der Waals surface area contributed by atoms with Crippen molar-refractivity contribution in [2.45, 2.75) is 77.3 Å². The second-order valence-electron chi connectivity index (χ2n) is 7.79. The SMILES string of the molecule is C[SiH](C)O[Si](CCCS)(O[SiH](C)C)O[Si](CCCS)(O[SiH](C)C)O[SiH](C)C. The average molecular weight is 523 g/mol. The molecule has 0 aromatic heterocycles. The Labute approximate surface area is 187 Å². The van der Waals surface area contributed by atoms with Gasteiger partial charge in [-0.05, 0) is 76.7 Å². The molecule has 164 valence electrons. The summed E-state index contributed by atoms with van der Waals surface area (Å²) < 4.78 is 33.2. The van der Waals surface area contributed by atoms with E-state index in [0.717, 1.165) is 36.4 Å². The van der Waals surface area contributed by atoms with Crippen molar-refractivity contribution in [1.29, 1.82) is 0 Å². The molecule has 27 heavy (non-hydrogen) atoms. The van der Waals surface area contributed by atoms with Gasteiger partial charge < -0.3 is 20.6 Å². The summed E-state index contributed by atoms with van der Waals surface area (Å²) in [5, 5.41) is 0. The van der Waals surface area contributed by atoms with Crippen LogP contribution in [0.25, 0.3) is 0 Å². The van der Waals surface area contributed by atoms with Gasteiger partial charge in [-0.3, -0.25) is 0 Å². The molecular weight excluding hydrogens is 481 g/mol. The first-order valence-corrected chi connectivity index (χ1v) is 26.4. The molecule has 5 nitrogen and oxygen atoms in total. The van der Waals surface area contributed by atoms with E-state index in [1.807, 2.05) is 0 Å². The van der Waals surface area contributed by atoms with Crippen molar-refractivity contribution < 1.29 is 20.6 Å². The molecule has 0 aliphatic heterocycles. The highest BCUT2D eigenvalue weighted by Gasteiger charge is 2.53. The van der Waals surface area contributed by atoms with Gasteiger partial charge in [-0.25, -0.2) is 0 Å². The second-order valence-corrected chi connectivity index (χ2v) is 25.4. The van der Waals surface area contributed by atoms with E-state index in [2.05, 4.69) is 77.6 Å². The summed E-state index contributed by atoms with van der Waals surface area (Å²) in [6.07, 6.45) is 1.85. The van der Waals surface area contributed by atoms with Gasteiger partial charge in [0, 0.05) is 12.1 Å². The van der Waals surface area contributed by atoms with Crippen LogP contribution in [0.2, 0.25) is 64.5 Å². The van der Waals surface area contributed by atoms with Crippen molar-refractivity contribution in [3.8, 4) is 0 Å². The summed E-state index contributed by atoms with van der Waals surface area (Å²) in [5.74, 6) is 1.60. The predicted octanol–water partition coefficient (Wildman–Crippen LogP) is 3.52. The standard InChI is InChI=1S/C14H42O5S2Si6/c1-22(2)15-26(13-9-11-20,16-23(3)4)19-27(14-10-12-21,17-24(5)6)18-25(7)8/h20-25H,9-14H2,1-8H3. The number of rotatable bonds is 16. The monoisotopic (exact) mass is 522 g/mol. The minimum absolute atomic E-state index is 0.800. The van der Waals surface area contributed by atoms with E-state index in [9.17, 15) is 0 Å². The molecule has 0 amide bonds. The van der Waals surface area contributed by atoms with Crippen molar-refractivity contribution in [3.63, 3.8) is 0 Å². The van der Waals surface area contributed by atoms with Crippen molar-refractivity contribution >= 4 is 79.0 Å². The average Bonchev–Trinajstić information content (AvgIpc) is 2.48. The molecule has 0 saturated carbocycles. The lowest BCUT2D eigenvalue weighted by atomic mass is 10.6. The maximum absolute atomic E-state index is 6.93. The van der Waals surface area contributed by atoms with Crippen molar-refractivity contribution in [2.75, 3.05) is 11.5 Å². The Hall–Kier alpha value is 1.80. The van der Waals surface area contributed by atoms with Crippen molar-refractivity contribution in [1.82, 2.24) is 0 Å². The second kappa shape index (κ2) is 14.7. The van der Waals surface area contributed by atoms with Crippen LogP contribution < -0.4 is 0 Å². The Morgan fingerprint density at radius 3 is 1.00 bits per heavy atom. The molecule has 0 N–H and O–H groups in total. The maximum atomic E-state index is 6.93. The van der Waals surface area contributed by atoms with E-state index >= 15 is 0 Å². The summed E-state index contributed by atoms with van der Waals surface area (Å²) in [6, 6.07) is 1.60. The Morgan fingerprint density at radius 2 is 0.815 bits per heavy atom. The number of thiol groups is 2. The lowest BCUT2D eigenvalue weighted by Crippen LogP contribution is -2.62. The Morgan fingerprint density at radius 1 is 0.556 bits per heavy atom. The highest BCUT2D eigenvalue weighted by molar-refractivity contribution is 7.80. The van der Waals surface area contributed by atoms with Gasteiger partial charge in [0.15, 0.2) is 36.2 Å². The molecule has 0 aliphatic rings. The van der Waals surface area contributed by atoms with Crippen molar-refractivity contribution in [3.05, 3.63) is 0 Å². The van der Waals surface area contributed by atoms with Crippen LogP contribution in [0.5, 0.6) is 0 Å². The van der Waals surface area contributed by atoms with Crippen LogP contribution in [0.4, 0.5) is 0 Å². The first kappa shape index (κ1) is 28.8. The molecule has 0 unspecified atom stereocenters. The Kier molecular flexibility index (Phi) is 15.7. The van der Waals surface area contributed by atoms with Gasteiger partial charge in [0.05, 0.1) is 0 Å². The molecule has 0 atom stereocenters. The Balaban J connectivity index is 5.98. The van der Waals surface area contributed by atoms with Gasteiger partial charge in [-0.15, -0.1) is 0 Å². The lowest BCUT2D eigenvalue weighted by molar-refractivity contribution is 0.182. The van der Waals surface area contributed by atoms with E-state index in [-0.39, 0.29) is 0 Å². The minimum Gasteiger partial charge on any atom is -0.420 e. The van der Waals surface area contributed by atoms with Crippen LogP contribution in [-0.2, 0) is 20.6 Å². The van der Waals surface area contributed by atoms with Gasteiger partial charge in [0.1, 0.15) is 0 Å². The smallest absolute Gasteiger partial charge is 0.420 e. The normalized spacial score (nSPS) is 13.6. The third kappa shape index (κ3) is 13.0. The largest absolute Gasteiger partial charge is 0.472 e. The van der Waals surface area contributed by atoms with Gasteiger partial charge in [-0.2, -0.15) is 25.3 Å². The third-order valence-electron chi connectivity index (χ3n) is 3.25. The fourth-order valence-corrected chi connectivity index (χ4v) is 24.9. The van der Waals surface area contributed by atoms with Crippen LogP contribution in [-0.4, -0.2) is 65.3 Å². The van der Waals surface area contributed by atoms with E-state index in [4.69, 9.17) is 20.6 Å². The first-order valence-electron chi connectivity index (χ1n) is 10.1. The summed E-state index contributed by atoms with van der Waals surface area (Å²) >= 11 is 8.85. The van der Waals surface area contributed by atoms with Gasteiger partial charge in [-0.1, -0.05) is 0 Å². The molecule has 0 aliphatic carbocycles. The van der Waals surface area contributed by atoms with Crippen molar-refractivity contribution in [2.24, 2.45) is 0 Å². The van der Waals surface area contributed by atoms with E-state index < -0.39 is 53.8 Å². The zero-order chi connectivity index (χ0) is 21.1. The highest BCUT2D eigenvalue weighted by atomic mass is 32.1. The van der Waals surface area contributed by atoms with E-state index in [1.165, 1.54) is 0 Å². The van der Waals surface area contributed by atoms with E-state index in [0.29, 0.717) is 0 Å². The van der Waals surface area contributed by atoms with Gasteiger partial charge in [0.25, 0.3) is 0 Å². The predicted molar refractivity (Wildman–Crippen MR) is 139 cm³/mol. The van der Waals surface area contributed by atoms with Crippen LogP contribution >= 0.6 is 25.3 Å². The highest BCUT2D eigenvalue weighted by Crippen LogP contribution is 2.30. The minimum atomic E-state index is -2.86. The fraction of sp³-hybridized carbons (Fsp3) is 1.00. The summed E-state index contributed by atoms with van der Waals surface area (Å²) in [7, 11) is -11.1. The van der Waals surface area contributed by atoms with Crippen LogP contribution in [0.15, 0.2) is 0 Å². The molecular formula is C14H42O5S2Si6. The molecule has 0 radical (unpaired) electrons. The summed E-state index contributed by atoms with van der Waals surface area (Å²) in [4.78, 5) is 0. The zero-order valence-corrected chi connectivity index (χ0v) is 26.9. The van der Waals surface area contributed by atoms with Crippen LogP contribution in [0.3, 0.4) is 0 Å². The molecule has 0 fully saturated rings. The summed E-state index contributed by atoms with van der Waals surface area (Å²) in [6.45, 7) is 17.5. The Bertz CT molecular complexity index is 339. The van der Waals surface area contributed by atoms with Crippen LogP contribution in [0, 0.1) is 0 Å². The quantitative estimate of drug-likeness (QED) is 0.240. The maximum Gasteiger partial charge on any atom is 0.472 e. The lowest BCUT2D eigenvalue weighted by Gasteiger charge is -2.42. The topological polar surface area (TPSA) is 46.2 Å². The van der Waals surface area contributed by atoms with E-state index in [1.54, 1.807) is 0 Å². The molecule has 0 aromatic carbocycles. The van der Waals surface area contributed by atoms with Gasteiger partial charge >= 0.3 is 17.6 Å². The first-order chi connectivity index (χ1) is 12.5. The van der Waals surface area contributed by atoms with Crippen LogP contribution in [0.1, 0.15) is 12.8 Å². The van der Waals surface area contributed by atoms with Gasteiger partial charge in [0.2, 0.25) is 0 Å². The summed E-state index contributed by atoms with van der Waals surface area (Å²) in [5.41, 5.74) is 0. The number of hydrogen-bond acceptors (Lipinski definition) is 7. The molecule has 0 heterocycles. The third-order valence-corrected chi connectivity index (χ3v) is 21.6.